The van der Waals surface area contributed by atoms with E-state index in [1.165, 1.54) is 27.3 Å². The summed E-state index contributed by atoms with van der Waals surface area (Å²) in [5.41, 5.74) is 3.56. The SMILES string of the molecule is COc1cnc(C(=O)Nc2ccc(F)c([C@]3(C)C[S@@](=O)(=NCC(F)(F)F)N(C)C(N)=N3)n2)cn1.O=C(O)C(F)(F)F. The second-order valence-electron chi connectivity index (χ2n) is 8.12. The number of methoxy groups -OCH3 is 1. The van der Waals surface area contributed by atoms with Crippen molar-refractivity contribution in [3.8, 4) is 5.88 Å². The number of rotatable bonds is 5. The number of carboxylic acid groups (broad SMARTS) is 1. The number of aromatic nitrogens is 3. The molecule has 0 saturated carbocycles. The molecule has 0 fully saturated rings. The van der Waals surface area contributed by atoms with Gasteiger partial charge in [0.25, 0.3) is 5.91 Å². The predicted molar refractivity (Wildman–Crippen MR) is 128 cm³/mol. The number of carbonyl (C=O) groups excluding carboxylic acids is 1. The third-order valence-electron chi connectivity index (χ3n) is 4.94. The zero-order chi connectivity index (χ0) is 31.4. The highest BCUT2D eigenvalue weighted by Crippen LogP contribution is 2.34. The topological polar surface area (TPSA) is 185 Å². The number of guanidine groups is 1. The number of nitrogens with two attached hydrogens (primary N) is 1. The molecule has 0 bridgehead atoms. The molecule has 0 unspecified atom stereocenters. The quantitative estimate of drug-likeness (QED) is 0.423. The fourth-order valence-electron chi connectivity index (χ4n) is 3.00. The highest BCUT2D eigenvalue weighted by Gasteiger charge is 2.43. The van der Waals surface area contributed by atoms with Gasteiger partial charge in [0.05, 0.1) is 25.3 Å². The Hall–Kier alpha value is -4.30. The first-order valence-electron chi connectivity index (χ1n) is 10.7. The van der Waals surface area contributed by atoms with Gasteiger partial charge in [0, 0.05) is 7.05 Å². The molecule has 0 spiro atoms. The van der Waals surface area contributed by atoms with E-state index >= 15 is 0 Å². The van der Waals surface area contributed by atoms with Crippen LogP contribution in [0.15, 0.2) is 33.9 Å². The summed E-state index contributed by atoms with van der Waals surface area (Å²) in [6.07, 6.45) is -7.42. The zero-order valence-electron chi connectivity index (χ0n) is 21.1. The van der Waals surface area contributed by atoms with Gasteiger partial charge < -0.3 is 20.9 Å². The van der Waals surface area contributed by atoms with E-state index in [1.807, 2.05) is 0 Å². The number of aliphatic carboxylic acids is 1. The second-order valence-corrected chi connectivity index (χ2v) is 10.4. The van der Waals surface area contributed by atoms with Crippen LogP contribution in [0.1, 0.15) is 23.1 Å². The predicted octanol–water partition coefficient (Wildman–Crippen LogP) is 2.33. The summed E-state index contributed by atoms with van der Waals surface area (Å²) >= 11 is 0. The number of amides is 1. The molecule has 1 aliphatic heterocycles. The highest BCUT2D eigenvalue weighted by molar-refractivity contribution is 7.92. The number of ether oxygens (including phenoxy) is 1. The summed E-state index contributed by atoms with van der Waals surface area (Å²) in [7, 11) is -1.20. The Kier molecular flexibility index (Phi) is 9.68. The molecule has 0 saturated heterocycles. The van der Waals surface area contributed by atoms with E-state index in [1.54, 1.807) is 0 Å². The molecule has 2 atom stereocenters. The van der Waals surface area contributed by atoms with E-state index < -0.39 is 69.5 Å². The fraction of sp³-hybridized carbons (Fsp3) is 0.400. The Morgan fingerprint density at radius 1 is 1.22 bits per heavy atom. The van der Waals surface area contributed by atoms with Crippen LogP contribution in [0.5, 0.6) is 5.88 Å². The van der Waals surface area contributed by atoms with Crippen LogP contribution < -0.4 is 15.8 Å². The molecule has 3 rings (SSSR count). The molecule has 0 aromatic carbocycles. The Labute approximate surface area is 227 Å². The van der Waals surface area contributed by atoms with Crippen LogP contribution in [0.3, 0.4) is 0 Å². The van der Waals surface area contributed by atoms with Crippen LogP contribution >= 0.6 is 0 Å². The zero-order valence-corrected chi connectivity index (χ0v) is 21.9. The minimum atomic E-state index is -5.08. The van der Waals surface area contributed by atoms with E-state index in [-0.39, 0.29) is 17.4 Å². The molecule has 4 N–H and O–H groups in total. The van der Waals surface area contributed by atoms with E-state index in [0.29, 0.717) is 0 Å². The van der Waals surface area contributed by atoms with Crippen molar-refractivity contribution in [2.75, 3.05) is 31.8 Å². The number of alkyl halides is 6. The molecular formula is C20H21F7N8O5S. The lowest BCUT2D eigenvalue weighted by molar-refractivity contribution is -0.192. The molecule has 1 amide bonds. The van der Waals surface area contributed by atoms with E-state index in [4.69, 9.17) is 20.4 Å². The number of hydrogen-bond donors (Lipinski definition) is 3. The van der Waals surface area contributed by atoms with Crippen LogP contribution in [0.2, 0.25) is 0 Å². The summed E-state index contributed by atoms with van der Waals surface area (Å²) in [5.74, 6) is -5.35. The maximum absolute atomic E-state index is 14.8. The smallest absolute Gasteiger partial charge is 0.480 e. The van der Waals surface area contributed by atoms with Crippen molar-refractivity contribution >= 4 is 33.6 Å². The molecule has 21 heteroatoms. The number of pyridine rings is 1. The van der Waals surface area contributed by atoms with Gasteiger partial charge in [-0.25, -0.2) is 37.7 Å². The standard InChI is InChI=1S/C18H20F4N8O3S.C2HF3O2/c1-17(9-34(32,26-8-18(20,21)22)30(2)16(23)29-17)14-10(19)4-5-12(27-14)28-15(31)11-6-25-13(33-3)7-24-11;3-2(4,5)1(6)7/h4-7H,8-9H2,1-3H3,(H2,23,29)(H,27,28,31);(H,6,7)/t17-,34+;/m0./s1. The van der Waals surface area contributed by atoms with Gasteiger partial charge in [-0.05, 0) is 19.1 Å². The average Bonchev–Trinajstić information content (AvgIpc) is 2.86. The number of carbonyl (C=O) groups is 2. The highest BCUT2D eigenvalue weighted by atomic mass is 32.2. The monoisotopic (exact) mass is 618 g/mol. The summed E-state index contributed by atoms with van der Waals surface area (Å²) in [5, 5.41) is 9.54. The number of anilines is 1. The fourth-order valence-corrected chi connectivity index (χ4v) is 5.07. The molecule has 2 aromatic rings. The van der Waals surface area contributed by atoms with E-state index in [0.717, 1.165) is 22.6 Å². The number of nitrogens with one attached hydrogen (secondary N) is 1. The number of carboxylic acids is 1. The summed E-state index contributed by atoms with van der Waals surface area (Å²) in [4.78, 5) is 37.2. The first kappa shape index (κ1) is 32.9. The largest absolute Gasteiger partial charge is 0.490 e. The minimum Gasteiger partial charge on any atom is -0.480 e. The average molecular weight is 618 g/mol. The number of aliphatic imine (C=N–C) groups is 1. The first-order chi connectivity index (χ1) is 18.7. The number of nitrogens with zero attached hydrogens (tertiary/aromatic N) is 6. The lowest BCUT2D eigenvalue weighted by atomic mass is 10.00. The molecule has 3 heterocycles. The van der Waals surface area contributed by atoms with Crippen molar-refractivity contribution in [1.82, 2.24) is 19.3 Å². The summed E-state index contributed by atoms with van der Waals surface area (Å²) in [6.45, 7) is -0.379. The Bertz CT molecular complexity index is 1440. The van der Waals surface area contributed by atoms with Crippen molar-refractivity contribution in [1.29, 1.82) is 0 Å². The molecular weight excluding hydrogens is 597 g/mol. The molecule has 13 nitrogen and oxygen atoms in total. The minimum absolute atomic E-state index is 0.0878. The van der Waals surface area contributed by atoms with Crippen molar-refractivity contribution < 1.29 is 54.4 Å². The van der Waals surface area contributed by atoms with Gasteiger partial charge in [-0.2, -0.15) is 26.3 Å². The van der Waals surface area contributed by atoms with Gasteiger partial charge in [-0.3, -0.25) is 9.10 Å². The van der Waals surface area contributed by atoms with Gasteiger partial charge in [0.1, 0.15) is 45.0 Å². The number of halogens is 7. The maximum atomic E-state index is 14.8. The van der Waals surface area contributed by atoms with Crippen LogP contribution in [0.25, 0.3) is 0 Å². The summed E-state index contributed by atoms with van der Waals surface area (Å²) in [6, 6.07) is 2.13. The van der Waals surface area contributed by atoms with Crippen molar-refractivity contribution in [2.45, 2.75) is 24.8 Å². The van der Waals surface area contributed by atoms with Gasteiger partial charge in [0.2, 0.25) is 11.8 Å². The van der Waals surface area contributed by atoms with Crippen molar-refractivity contribution in [3.63, 3.8) is 0 Å². The van der Waals surface area contributed by atoms with Crippen LogP contribution in [-0.2, 0) is 20.2 Å². The third-order valence-corrected chi connectivity index (χ3v) is 7.45. The third kappa shape index (κ3) is 8.59. The van der Waals surface area contributed by atoms with Crippen LogP contribution in [0.4, 0.5) is 36.6 Å². The first-order valence-corrected chi connectivity index (χ1v) is 12.4. The van der Waals surface area contributed by atoms with Gasteiger partial charge >= 0.3 is 18.3 Å². The lowest BCUT2D eigenvalue weighted by Gasteiger charge is -2.36. The van der Waals surface area contributed by atoms with E-state index in [2.05, 4.69) is 29.6 Å². The molecule has 2 aromatic heterocycles. The number of hydrogen-bond acceptors (Lipinski definition) is 10. The van der Waals surface area contributed by atoms with E-state index in [9.17, 15) is 39.7 Å². The van der Waals surface area contributed by atoms with Gasteiger partial charge in [0.15, 0.2) is 0 Å². The Morgan fingerprint density at radius 2 is 1.83 bits per heavy atom. The molecule has 1 aliphatic rings. The molecule has 226 valence electrons. The Balaban J connectivity index is 0.000000745. The lowest BCUT2D eigenvalue weighted by Crippen LogP contribution is -2.51. The van der Waals surface area contributed by atoms with Crippen LogP contribution in [0, 0.1) is 5.82 Å². The molecule has 0 aliphatic carbocycles. The van der Waals surface area contributed by atoms with Gasteiger partial charge in [-0.15, -0.1) is 0 Å². The summed E-state index contributed by atoms with van der Waals surface area (Å²) < 4.78 is 107. The van der Waals surface area contributed by atoms with Crippen molar-refractivity contribution in [2.24, 2.45) is 15.1 Å². The maximum Gasteiger partial charge on any atom is 0.490 e. The normalized spacial score (nSPS) is 20.7. The van der Waals surface area contributed by atoms with Crippen molar-refractivity contribution in [3.05, 3.63) is 41.7 Å². The van der Waals surface area contributed by atoms with Crippen LogP contribution in [-0.4, -0.2) is 85.2 Å². The molecule has 41 heavy (non-hydrogen) atoms. The molecule has 0 radical (unpaired) electrons. The Morgan fingerprint density at radius 3 is 2.32 bits per heavy atom. The second kappa shape index (κ2) is 12.1. The van der Waals surface area contributed by atoms with Gasteiger partial charge in [-0.1, -0.05) is 0 Å².